The Morgan fingerprint density at radius 2 is 2.04 bits per heavy atom. The average molecular weight is 364 g/mol. The third-order valence-electron chi connectivity index (χ3n) is 2.96. The fourth-order valence-corrected chi connectivity index (χ4v) is 2.57. The Morgan fingerprint density at radius 1 is 1.28 bits per heavy atom. The first-order valence-corrected chi connectivity index (χ1v) is 8.33. The van der Waals surface area contributed by atoms with Crippen LogP contribution in [0.3, 0.4) is 0 Å². The van der Waals surface area contributed by atoms with E-state index in [1.807, 2.05) is 0 Å². The van der Waals surface area contributed by atoms with E-state index in [0.29, 0.717) is 11.4 Å². The number of carbonyl (C=O) groups is 1. The molecule has 2 aromatic rings. The molecule has 1 aromatic carbocycles. The lowest BCUT2D eigenvalue weighted by atomic mass is 10.2. The molecule has 0 spiro atoms. The van der Waals surface area contributed by atoms with Crippen LogP contribution < -0.4 is 22.2 Å². The second kappa shape index (κ2) is 8.30. The molecule has 0 aliphatic heterocycles. The van der Waals surface area contributed by atoms with Crippen LogP contribution in [0.1, 0.15) is 15.9 Å². The van der Waals surface area contributed by atoms with Crippen LogP contribution in [0.5, 0.6) is 0 Å². The first-order valence-electron chi connectivity index (χ1n) is 6.92. The molecule has 25 heavy (non-hydrogen) atoms. The summed E-state index contributed by atoms with van der Waals surface area (Å²) in [5.41, 5.74) is 8.21. The topological polar surface area (TPSA) is 148 Å². The lowest BCUT2D eigenvalue weighted by molar-refractivity contribution is 0.0937. The van der Waals surface area contributed by atoms with E-state index < -0.39 is 10.1 Å². The molecule has 0 unspecified atom stereocenters. The SMILES string of the molecule is CNNC(=O)c1ccc(N/N=C/c2ccccc2S(=O)(=O)ON)nc1. The minimum Gasteiger partial charge on any atom is -0.288 e. The summed E-state index contributed by atoms with van der Waals surface area (Å²) < 4.78 is 27.5. The van der Waals surface area contributed by atoms with Gasteiger partial charge in [0, 0.05) is 18.8 Å². The second-order valence-corrected chi connectivity index (χ2v) is 6.13. The van der Waals surface area contributed by atoms with Crippen molar-refractivity contribution in [3.05, 3.63) is 53.7 Å². The molecule has 1 heterocycles. The maximum atomic E-state index is 11.7. The summed E-state index contributed by atoms with van der Waals surface area (Å²) in [5, 5.41) is 3.92. The minimum atomic E-state index is -4.05. The van der Waals surface area contributed by atoms with E-state index in [1.165, 1.54) is 30.6 Å². The molecule has 0 aliphatic rings. The zero-order valence-corrected chi connectivity index (χ0v) is 13.9. The van der Waals surface area contributed by atoms with Crippen LogP contribution in [0.4, 0.5) is 5.82 Å². The lowest BCUT2D eigenvalue weighted by Crippen LogP contribution is -2.34. The lowest BCUT2D eigenvalue weighted by Gasteiger charge is -2.05. The fourth-order valence-electron chi connectivity index (χ4n) is 1.81. The molecular formula is C14H16N6O4S. The number of nitrogens with one attached hydrogen (secondary N) is 3. The molecule has 0 saturated carbocycles. The number of pyridine rings is 1. The highest BCUT2D eigenvalue weighted by Crippen LogP contribution is 2.15. The molecule has 1 aromatic heterocycles. The highest BCUT2D eigenvalue weighted by Gasteiger charge is 2.17. The van der Waals surface area contributed by atoms with Gasteiger partial charge in [-0.25, -0.2) is 10.4 Å². The largest absolute Gasteiger partial charge is 0.313 e. The molecule has 0 fully saturated rings. The van der Waals surface area contributed by atoms with Crippen LogP contribution in [0.15, 0.2) is 52.6 Å². The Balaban J connectivity index is 2.11. The van der Waals surface area contributed by atoms with Crippen molar-refractivity contribution in [1.82, 2.24) is 15.8 Å². The molecule has 5 N–H and O–H groups in total. The van der Waals surface area contributed by atoms with Gasteiger partial charge in [-0.1, -0.05) is 18.2 Å². The van der Waals surface area contributed by atoms with E-state index in [0.717, 1.165) is 0 Å². The van der Waals surface area contributed by atoms with Crippen LogP contribution >= 0.6 is 0 Å². The van der Waals surface area contributed by atoms with Gasteiger partial charge in [-0.2, -0.15) is 23.7 Å². The number of hydrazone groups is 1. The number of aromatic nitrogens is 1. The number of carbonyl (C=O) groups excluding carboxylic acids is 1. The number of benzene rings is 1. The van der Waals surface area contributed by atoms with Gasteiger partial charge in [-0.15, -0.1) is 0 Å². The number of rotatable bonds is 7. The molecule has 11 heteroatoms. The fraction of sp³-hybridized carbons (Fsp3) is 0.0714. The summed E-state index contributed by atoms with van der Waals surface area (Å²) in [6.45, 7) is 0. The van der Waals surface area contributed by atoms with Crippen molar-refractivity contribution in [1.29, 1.82) is 0 Å². The number of hydrogen-bond donors (Lipinski definition) is 4. The summed E-state index contributed by atoms with van der Waals surface area (Å²) in [6, 6.07) is 9.16. The maximum Gasteiger partial charge on any atom is 0.313 e. The summed E-state index contributed by atoms with van der Waals surface area (Å²) in [7, 11) is -2.48. The standard InChI is InChI=1S/C14H16N6O4S/c1-16-20-14(21)11-6-7-13(17-8-11)19-18-9-10-4-2-3-5-12(10)25(22,23)24-15/h2-9,16H,15H2,1H3,(H,17,19)(H,20,21)/b18-9+. The number of amides is 1. The zero-order chi connectivity index (χ0) is 18.3. The molecule has 10 nitrogen and oxygen atoms in total. The Hall–Kier alpha value is -2.86. The third-order valence-corrected chi connectivity index (χ3v) is 4.13. The molecule has 132 valence electrons. The van der Waals surface area contributed by atoms with E-state index in [4.69, 9.17) is 5.90 Å². The van der Waals surface area contributed by atoms with Gasteiger partial charge in [-0.05, 0) is 18.2 Å². The number of hydrazine groups is 1. The quantitative estimate of drug-likeness (QED) is 0.395. The predicted octanol–water partition coefficient (Wildman–Crippen LogP) is -0.0292. The zero-order valence-electron chi connectivity index (χ0n) is 13.1. The van der Waals surface area contributed by atoms with Crippen LogP contribution in [0, 0.1) is 0 Å². The van der Waals surface area contributed by atoms with E-state index >= 15 is 0 Å². The average Bonchev–Trinajstić information content (AvgIpc) is 2.63. The highest BCUT2D eigenvalue weighted by molar-refractivity contribution is 7.86. The minimum absolute atomic E-state index is 0.116. The van der Waals surface area contributed by atoms with Gasteiger partial charge in [0.1, 0.15) is 10.7 Å². The molecule has 0 bridgehead atoms. The van der Waals surface area contributed by atoms with Crippen molar-refractivity contribution in [2.24, 2.45) is 11.0 Å². The van der Waals surface area contributed by atoms with Gasteiger partial charge in [0.2, 0.25) is 0 Å². The smallest absolute Gasteiger partial charge is 0.288 e. The van der Waals surface area contributed by atoms with Gasteiger partial charge in [-0.3, -0.25) is 15.6 Å². The Bertz CT molecular complexity index is 867. The molecule has 2 rings (SSSR count). The molecule has 0 aliphatic carbocycles. The van der Waals surface area contributed by atoms with Crippen molar-refractivity contribution < 1.29 is 17.5 Å². The molecule has 0 atom stereocenters. The number of anilines is 1. The summed E-state index contributed by atoms with van der Waals surface area (Å²) in [4.78, 5) is 15.5. The molecule has 0 radical (unpaired) electrons. The van der Waals surface area contributed by atoms with Gasteiger partial charge in [0.25, 0.3) is 5.91 Å². The van der Waals surface area contributed by atoms with Crippen LogP contribution in [-0.4, -0.2) is 32.6 Å². The molecule has 0 saturated heterocycles. The Morgan fingerprint density at radius 3 is 2.68 bits per heavy atom. The van der Waals surface area contributed by atoms with Crippen molar-refractivity contribution >= 4 is 28.1 Å². The Kier molecular flexibility index (Phi) is 6.14. The summed E-state index contributed by atoms with van der Waals surface area (Å²) >= 11 is 0. The predicted molar refractivity (Wildman–Crippen MR) is 90.9 cm³/mol. The van der Waals surface area contributed by atoms with Crippen LogP contribution in [0.2, 0.25) is 0 Å². The van der Waals surface area contributed by atoms with E-state index in [-0.39, 0.29) is 16.4 Å². The Labute approximate surface area is 144 Å². The van der Waals surface area contributed by atoms with Crippen molar-refractivity contribution in [2.75, 3.05) is 12.5 Å². The molecular weight excluding hydrogens is 348 g/mol. The monoisotopic (exact) mass is 364 g/mol. The van der Waals surface area contributed by atoms with Crippen LogP contribution in [0.25, 0.3) is 0 Å². The molecule has 1 amide bonds. The first kappa shape index (κ1) is 18.5. The normalized spacial score (nSPS) is 11.4. The van der Waals surface area contributed by atoms with Gasteiger partial charge in [0.15, 0.2) is 0 Å². The van der Waals surface area contributed by atoms with Crippen LogP contribution in [-0.2, 0) is 14.4 Å². The van der Waals surface area contributed by atoms with E-state index in [9.17, 15) is 13.2 Å². The number of nitrogens with zero attached hydrogens (tertiary/aromatic N) is 2. The van der Waals surface area contributed by atoms with Crippen molar-refractivity contribution in [3.8, 4) is 0 Å². The van der Waals surface area contributed by atoms with Crippen molar-refractivity contribution in [3.63, 3.8) is 0 Å². The van der Waals surface area contributed by atoms with E-state index in [1.54, 1.807) is 25.2 Å². The first-order chi connectivity index (χ1) is 12.0. The maximum absolute atomic E-state index is 11.7. The van der Waals surface area contributed by atoms with Crippen molar-refractivity contribution in [2.45, 2.75) is 4.90 Å². The number of hydrogen-bond acceptors (Lipinski definition) is 9. The third kappa shape index (κ3) is 4.81. The summed E-state index contributed by atoms with van der Waals surface area (Å²) in [5.74, 6) is 4.83. The highest BCUT2D eigenvalue weighted by atomic mass is 32.2. The summed E-state index contributed by atoms with van der Waals surface area (Å²) in [6.07, 6.45) is 2.65. The van der Waals surface area contributed by atoms with Gasteiger partial charge < -0.3 is 0 Å². The van der Waals surface area contributed by atoms with Gasteiger partial charge >= 0.3 is 10.1 Å². The number of nitrogens with two attached hydrogens (primary N) is 1. The second-order valence-electron chi connectivity index (χ2n) is 4.59. The van der Waals surface area contributed by atoms with E-state index in [2.05, 4.69) is 30.6 Å². The van der Waals surface area contributed by atoms with Gasteiger partial charge in [0.05, 0.1) is 11.8 Å².